The van der Waals surface area contributed by atoms with Gasteiger partial charge in [-0.2, -0.15) is 13.2 Å². The number of aromatic nitrogens is 2. The molecular formula is C23H19ClF4N2O3S. The van der Waals surface area contributed by atoms with Gasteiger partial charge in [-0.05, 0) is 37.5 Å². The zero-order valence-electron chi connectivity index (χ0n) is 18.0. The van der Waals surface area contributed by atoms with Crippen LogP contribution in [-0.2, 0) is 24.4 Å². The van der Waals surface area contributed by atoms with Crippen molar-refractivity contribution in [1.82, 2.24) is 9.13 Å². The molecule has 0 N–H and O–H groups in total. The normalized spacial score (nSPS) is 12.6. The van der Waals surface area contributed by atoms with Gasteiger partial charge in [-0.15, -0.1) is 11.8 Å². The summed E-state index contributed by atoms with van der Waals surface area (Å²) in [7, 11) is 0.833. The van der Waals surface area contributed by atoms with Crippen molar-refractivity contribution in [1.29, 1.82) is 0 Å². The van der Waals surface area contributed by atoms with Crippen molar-refractivity contribution in [3.63, 3.8) is 0 Å². The van der Waals surface area contributed by atoms with E-state index in [9.17, 15) is 31.9 Å². The summed E-state index contributed by atoms with van der Waals surface area (Å²) in [6.07, 6.45) is -3.92. The number of Topliss-reactive ketones (excluding diaryl/α,β-unsaturated/α-hetero) is 1. The van der Waals surface area contributed by atoms with Gasteiger partial charge in [-0.1, -0.05) is 41.9 Å². The number of benzene rings is 2. The minimum Gasteiger partial charge on any atom is -0.299 e. The fourth-order valence-corrected chi connectivity index (χ4v) is 4.68. The monoisotopic (exact) mass is 514 g/mol. The Bertz CT molecular complexity index is 1340. The van der Waals surface area contributed by atoms with Crippen LogP contribution in [0, 0.1) is 5.82 Å². The molecule has 0 saturated carbocycles. The van der Waals surface area contributed by atoms with Crippen LogP contribution in [0.5, 0.6) is 0 Å². The van der Waals surface area contributed by atoms with Crippen molar-refractivity contribution in [3.8, 4) is 5.69 Å². The molecule has 3 aromatic rings. The predicted molar refractivity (Wildman–Crippen MR) is 122 cm³/mol. The van der Waals surface area contributed by atoms with E-state index in [4.69, 9.17) is 11.6 Å². The van der Waals surface area contributed by atoms with Crippen LogP contribution in [0.15, 0.2) is 63.0 Å². The molecule has 1 atom stereocenters. The first-order valence-corrected chi connectivity index (χ1v) is 11.3. The molecular weight excluding hydrogens is 496 g/mol. The standard InChI is InChI=1S/C23H19ClF4N2O3S/c1-13(31)18(9-8-14-6-4-3-5-7-14)34-19-11-17(16(25)10-15(19)24)30-21(32)12-20(23(26,27)28)29(2)22(30)33/h3-7,10-12,18H,8-9H2,1-2H3. The van der Waals surface area contributed by atoms with E-state index >= 15 is 0 Å². The lowest BCUT2D eigenvalue weighted by atomic mass is 10.1. The smallest absolute Gasteiger partial charge is 0.299 e. The molecule has 0 aliphatic carbocycles. The van der Waals surface area contributed by atoms with E-state index in [-0.39, 0.29) is 26.3 Å². The van der Waals surface area contributed by atoms with Gasteiger partial charge in [0, 0.05) is 18.0 Å². The molecule has 2 aromatic carbocycles. The quantitative estimate of drug-likeness (QED) is 0.328. The molecule has 0 fully saturated rings. The molecule has 0 bridgehead atoms. The lowest BCUT2D eigenvalue weighted by Crippen LogP contribution is -2.41. The topological polar surface area (TPSA) is 61.1 Å². The lowest BCUT2D eigenvalue weighted by molar-refractivity contribution is -0.144. The molecule has 5 nitrogen and oxygen atoms in total. The molecule has 0 aliphatic rings. The van der Waals surface area contributed by atoms with Gasteiger partial charge in [0.2, 0.25) is 0 Å². The lowest BCUT2D eigenvalue weighted by Gasteiger charge is -2.17. The Morgan fingerprint density at radius 3 is 2.35 bits per heavy atom. The fraction of sp³-hybridized carbons (Fsp3) is 0.261. The molecule has 180 valence electrons. The number of nitrogens with zero attached hydrogens (tertiary/aromatic N) is 2. The Labute approximate surface area is 201 Å². The third-order valence-corrected chi connectivity index (χ3v) is 6.98. The van der Waals surface area contributed by atoms with Crippen LogP contribution >= 0.6 is 23.4 Å². The SMILES string of the molecule is CC(=O)C(CCc1ccccc1)Sc1cc(-n2c(=O)cc(C(F)(F)F)n(C)c2=O)c(F)cc1Cl. The number of halogens is 5. The summed E-state index contributed by atoms with van der Waals surface area (Å²) >= 11 is 7.19. The molecule has 3 rings (SSSR count). The van der Waals surface area contributed by atoms with E-state index in [1.54, 1.807) is 0 Å². The van der Waals surface area contributed by atoms with Crippen molar-refractivity contribution in [2.24, 2.45) is 7.05 Å². The van der Waals surface area contributed by atoms with Crippen molar-refractivity contribution >= 4 is 29.1 Å². The summed E-state index contributed by atoms with van der Waals surface area (Å²) in [5.41, 5.74) is -3.72. The number of rotatable bonds is 7. The predicted octanol–water partition coefficient (Wildman–Crippen LogP) is 5.03. The first-order chi connectivity index (χ1) is 15.9. The average Bonchev–Trinajstić information content (AvgIpc) is 2.76. The number of carbonyl (C=O) groups excluding carboxylic acids is 1. The Kier molecular flexibility index (Phi) is 7.72. The average molecular weight is 515 g/mol. The third-order valence-electron chi connectivity index (χ3n) is 5.11. The van der Waals surface area contributed by atoms with Gasteiger partial charge in [-0.25, -0.2) is 13.8 Å². The van der Waals surface area contributed by atoms with Crippen LogP contribution in [0.2, 0.25) is 5.02 Å². The molecule has 0 saturated heterocycles. The second-order valence-electron chi connectivity index (χ2n) is 7.52. The summed E-state index contributed by atoms with van der Waals surface area (Å²) in [4.78, 5) is 37.4. The zero-order chi connectivity index (χ0) is 25.2. The zero-order valence-corrected chi connectivity index (χ0v) is 19.6. The maximum atomic E-state index is 14.7. The summed E-state index contributed by atoms with van der Waals surface area (Å²) in [6, 6.07) is 11.6. The molecule has 0 spiro atoms. The minimum absolute atomic E-state index is 0.0611. The summed E-state index contributed by atoms with van der Waals surface area (Å²) in [5, 5.41) is -0.628. The van der Waals surface area contributed by atoms with Crippen LogP contribution in [0.1, 0.15) is 24.6 Å². The number of hydrogen-bond acceptors (Lipinski definition) is 4. The number of carbonyl (C=O) groups is 1. The first kappa shape index (κ1) is 25.8. The van der Waals surface area contributed by atoms with E-state index in [0.29, 0.717) is 17.4 Å². The second-order valence-corrected chi connectivity index (χ2v) is 9.17. The van der Waals surface area contributed by atoms with Gasteiger partial charge >= 0.3 is 11.9 Å². The highest BCUT2D eigenvalue weighted by Crippen LogP contribution is 2.35. The van der Waals surface area contributed by atoms with Crippen LogP contribution in [0.4, 0.5) is 17.6 Å². The maximum Gasteiger partial charge on any atom is 0.431 e. The second kappa shape index (κ2) is 10.2. The van der Waals surface area contributed by atoms with Crippen molar-refractivity contribution in [3.05, 3.63) is 91.5 Å². The molecule has 0 aliphatic heterocycles. The Hall–Kier alpha value is -2.85. The molecule has 1 heterocycles. The Morgan fingerprint density at radius 2 is 1.76 bits per heavy atom. The van der Waals surface area contributed by atoms with E-state index in [2.05, 4.69) is 0 Å². The highest BCUT2D eigenvalue weighted by Gasteiger charge is 2.35. The molecule has 1 aromatic heterocycles. The largest absolute Gasteiger partial charge is 0.431 e. The minimum atomic E-state index is -4.95. The molecule has 34 heavy (non-hydrogen) atoms. The van der Waals surface area contributed by atoms with Crippen molar-refractivity contribution in [2.45, 2.75) is 36.1 Å². The third kappa shape index (κ3) is 5.61. The number of alkyl halides is 3. The summed E-state index contributed by atoms with van der Waals surface area (Å²) in [5.74, 6) is -1.23. The van der Waals surface area contributed by atoms with E-state index in [1.807, 2.05) is 30.3 Å². The number of hydrogen-bond donors (Lipinski definition) is 0. The van der Waals surface area contributed by atoms with Gasteiger partial charge in [0.25, 0.3) is 5.56 Å². The Morgan fingerprint density at radius 1 is 1.12 bits per heavy atom. The first-order valence-electron chi connectivity index (χ1n) is 10.0. The highest BCUT2D eigenvalue weighted by atomic mass is 35.5. The Balaban J connectivity index is 2.01. The van der Waals surface area contributed by atoms with Crippen LogP contribution in [0.25, 0.3) is 5.69 Å². The maximum absolute atomic E-state index is 14.7. The van der Waals surface area contributed by atoms with E-state index < -0.39 is 39.9 Å². The van der Waals surface area contributed by atoms with Gasteiger partial charge in [0.1, 0.15) is 17.3 Å². The molecule has 0 radical (unpaired) electrons. The van der Waals surface area contributed by atoms with Crippen LogP contribution in [-0.4, -0.2) is 20.2 Å². The molecule has 0 amide bonds. The van der Waals surface area contributed by atoms with Gasteiger partial charge in [0.05, 0.1) is 16.0 Å². The fourth-order valence-electron chi connectivity index (χ4n) is 3.34. The van der Waals surface area contributed by atoms with Gasteiger partial charge in [-0.3, -0.25) is 14.2 Å². The van der Waals surface area contributed by atoms with Gasteiger partial charge < -0.3 is 0 Å². The van der Waals surface area contributed by atoms with Crippen LogP contribution < -0.4 is 11.2 Å². The number of thioether (sulfide) groups is 1. The molecule has 1 unspecified atom stereocenters. The van der Waals surface area contributed by atoms with E-state index in [1.165, 1.54) is 6.92 Å². The highest BCUT2D eigenvalue weighted by molar-refractivity contribution is 8.00. The van der Waals surface area contributed by atoms with Crippen molar-refractivity contribution in [2.75, 3.05) is 0 Å². The van der Waals surface area contributed by atoms with Gasteiger partial charge in [0.15, 0.2) is 0 Å². The summed E-state index contributed by atoms with van der Waals surface area (Å²) < 4.78 is 54.6. The number of ketones is 1. The van der Waals surface area contributed by atoms with Crippen LogP contribution in [0.3, 0.4) is 0 Å². The van der Waals surface area contributed by atoms with E-state index in [0.717, 1.165) is 36.5 Å². The van der Waals surface area contributed by atoms with Crippen molar-refractivity contribution < 1.29 is 22.4 Å². The summed E-state index contributed by atoms with van der Waals surface area (Å²) in [6.45, 7) is 1.40. The molecule has 11 heteroatoms. The number of aryl methyl sites for hydroxylation is 1.